The van der Waals surface area contributed by atoms with E-state index in [-0.39, 0.29) is 0 Å². The van der Waals surface area contributed by atoms with Gasteiger partial charge in [0.25, 0.3) is 0 Å². The van der Waals surface area contributed by atoms with Gasteiger partial charge in [0.1, 0.15) is 0 Å². The highest BCUT2D eigenvalue weighted by atomic mass is 15.0. The summed E-state index contributed by atoms with van der Waals surface area (Å²) in [6.45, 7) is 13.5. The number of hydrogen-bond acceptors (Lipinski definition) is 0. The number of hydrogen-bond donors (Lipinski definition) is 0. The van der Waals surface area contributed by atoms with Crippen molar-refractivity contribution in [3.8, 4) is 33.6 Å². The molecule has 7 aromatic carbocycles. The summed E-state index contributed by atoms with van der Waals surface area (Å²) in [6, 6.07) is 50.2. The molecule has 2 heteroatoms. The summed E-state index contributed by atoms with van der Waals surface area (Å²) in [5.74, 6) is 0.430. The molecule has 2 heterocycles. The maximum absolute atomic E-state index is 2.46. The van der Waals surface area contributed by atoms with Crippen LogP contribution in [-0.4, -0.2) is 9.13 Å². The first-order valence-corrected chi connectivity index (χ1v) is 20.0. The van der Waals surface area contributed by atoms with Crippen molar-refractivity contribution < 1.29 is 0 Å². The van der Waals surface area contributed by atoms with Crippen LogP contribution < -0.4 is 0 Å². The zero-order valence-electron chi connectivity index (χ0n) is 33.1. The van der Waals surface area contributed by atoms with Crippen LogP contribution in [0.1, 0.15) is 52.6 Å². The van der Waals surface area contributed by atoms with Crippen LogP contribution in [0.15, 0.2) is 157 Å². The van der Waals surface area contributed by atoms with Crippen LogP contribution in [-0.2, 0) is 0 Å². The molecule has 1 aliphatic carbocycles. The summed E-state index contributed by atoms with van der Waals surface area (Å²) in [6.07, 6.45) is 7.81. The van der Waals surface area contributed by atoms with Gasteiger partial charge in [0.2, 0.25) is 0 Å². The van der Waals surface area contributed by atoms with Crippen LogP contribution in [0.3, 0.4) is 0 Å². The predicted octanol–water partition coefficient (Wildman–Crippen LogP) is 14.7. The summed E-state index contributed by atoms with van der Waals surface area (Å²) < 4.78 is 4.91. The highest BCUT2D eigenvalue weighted by Gasteiger charge is 2.21. The Morgan fingerprint density at radius 2 is 1.02 bits per heavy atom. The lowest BCUT2D eigenvalue weighted by Gasteiger charge is -2.19. The van der Waals surface area contributed by atoms with Crippen LogP contribution in [0.25, 0.3) is 77.2 Å². The molecule has 1 aliphatic rings. The van der Waals surface area contributed by atoms with E-state index in [2.05, 4.69) is 202 Å². The van der Waals surface area contributed by atoms with Gasteiger partial charge in [-0.3, -0.25) is 0 Å². The Kier molecular flexibility index (Phi) is 8.01. The number of rotatable bonds is 5. The summed E-state index contributed by atoms with van der Waals surface area (Å²) >= 11 is 0. The second-order valence-electron chi connectivity index (χ2n) is 16.1. The molecule has 1 atom stereocenters. The summed E-state index contributed by atoms with van der Waals surface area (Å²) in [4.78, 5) is 0. The molecule has 0 amide bonds. The molecular formula is C54H46N2. The molecule has 0 spiro atoms. The predicted molar refractivity (Wildman–Crippen MR) is 240 cm³/mol. The van der Waals surface area contributed by atoms with Gasteiger partial charge in [0, 0.05) is 38.8 Å². The second kappa shape index (κ2) is 13.1. The maximum atomic E-state index is 2.46. The lowest BCUT2D eigenvalue weighted by atomic mass is 9.85. The number of benzene rings is 7. The molecule has 9 aromatic rings. The second-order valence-corrected chi connectivity index (χ2v) is 16.1. The Morgan fingerprint density at radius 3 is 1.61 bits per heavy atom. The van der Waals surface area contributed by atoms with E-state index in [0.717, 1.165) is 6.42 Å². The lowest BCUT2D eigenvalue weighted by Crippen LogP contribution is -2.02. The molecule has 272 valence electrons. The van der Waals surface area contributed by atoms with Crippen LogP contribution >= 0.6 is 0 Å². The van der Waals surface area contributed by atoms with E-state index in [4.69, 9.17) is 0 Å². The van der Waals surface area contributed by atoms with Crippen molar-refractivity contribution in [1.29, 1.82) is 0 Å². The Hall–Kier alpha value is -6.38. The fraction of sp³-hybridized carbons (Fsp3) is 0.148. The van der Waals surface area contributed by atoms with E-state index in [1.54, 1.807) is 0 Å². The maximum Gasteiger partial charge on any atom is 0.0543 e. The van der Waals surface area contributed by atoms with Gasteiger partial charge in [-0.1, -0.05) is 96.6 Å². The zero-order valence-corrected chi connectivity index (χ0v) is 33.1. The van der Waals surface area contributed by atoms with Crippen LogP contribution in [0, 0.1) is 34.6 Å². The molecule has 1 unspecified atom stereocenters. The summed E-state index contributed by atoms with van der Waals surface area (Å²) in [5.41, 5.74) is 21.7. The Labute approximate surface area is 329 Å². The molecule has 0 radical (unpaired) electrons. The van der Waals surface area contributed by atoms with Crippen molar-refractivity contribution >= 4 is 43.6 Å². The first kappa shape index (κ1) is 34.1. The third-order valence-corrected chi connectivity index (χ3v) is 12.5. The van der Waals surface area contributed by atoms with Crippen molar-refractivity contribution in [2.75, 3.05) is 0 Å². The van der Waals surface area contributed by atoms with Crippen molar-refractivity contribution in [2.45, 2.75) is 53.9 Å². The van der Waals surface area contributed by atoms with Gasteiger partial charge in [-0.25, -0.2) is 0 Å². The van der Waals surface area contributed by atoms with Crippen molar-refractivity contribution in [3.05, 3.63) is 191 Å². The van der Waals surface area contributed by atoms with Crippen LogP contribution in [0.5, 0.6) is 0 Å². The Balaban J connectivity index is 1.06. The molecule has 2 nitrogen and oxygen atoms in total. The molecule has 10 rings (SSSR count). The van der Waals surface area contributed by atoms with E-state index in [9.17, 15) is 0 Å². The smallest absolute Gasteiger partial charge is 0.0543 e. The SMILES string of the molecule is CC1=CC=CCC1c1ccc2c(c1)c1c(C)cccc1n2-c1ccc(-c2ccc(-n3c4ccc(-c5ccccc5C)cc4c4c(C)cccc43)cc2C)c(C)c1. The highest BCUT2D eigenvalue weighted by Crippen LogP contribution is 2.41. The van der Waals surface area contributed by atoms with Crippen LogP contribution in [0.4, 0.5) is 0 Å². The number of nitrogens with zero attached hydrogens (tertiary/aromatic N) is 2. The van der Waals surface area contributed by atoms with E-state index in [1.807, 2.05) is 0 Å². The van der Waals surface area contributed by atoms with Crippen molar-refractivity contribution in [3.63, 3.8) is 0 Å². The Bertz CT molecular complexity index is 3120. The molecule has 0 saturated heterocycles. The Morgan fingerprint density at radius 1 is 0.446 bits per heavy atom. The lowest BCUT2D eigenvalue weighted by molar-refractivity contribution is 0.799. The van der Waals surface area contributed by atoms with Crippen molar-refractivity contribution in [2.24, 2.45) is 0 Å². The average molecular weight is 723 g/mol. The molecule has 56 heavy (non-hydrogen) atoms. The first-order chi connectivity index (χ1) is 27.3. The molecule has 0 N–H and O–H groups in total. The normalized spacial score (nSPS) is 14.4. The number of aryl methyl sites for hydroxylation is 5. The largest absolute Gasteiger partial charge is 0.309 e. The van der Waals surface area contributed by atoms with Gasteiger partial charge < -0.3 is 9.13 Å². The van der Waals surface area contributed by atoms with Gasteiger partial charge >= 0.3 is 0 Å². The molecule has 0 bridgehead atoms. The third-order valence-electron chi connectivity index (χ3n) is 12.5. The molecular weight excluding hydrogens is 677 g/mol. The van der Waals surface area contributed by atoms with Gasteiger partial charge in [-0.15, -0.1) is 0 Å². The minimum absolute atomic E-state index is 0.430. The molecule has 0 saturated carbocycles. The summed E-state index contributed by atoms with van der Waals surface area (Å²) in [7, 11) is 0. The first-order valence-electron chi connectivity index (χ1n) is 20.0. The molecule has 0 fully saturated rings. The third kappa shape index (κ3) is 5.31. The quantitative estimate of drug-likeness (QED) is 0.167. The van der Waals surface area contributed by atoms with E-state index in [1.165, 1.54) is 116 Å². The molecule has 2 aromatic heterocycles. The standard InChI is InChI=1S/C54H46N2/c1-33-13-7-9-17-43(33)39-21-27-49-47(31-39)53-35(3)15-11-19-51(53)55(49)41-23-25-45(37(5)29-41)46-26-24-42(30-38(46)6)56-50-28-22-40(44-18-10-8-14-34(44)2)32-48(50)54-36(4)16-12-20-52(54)56/h7-17,19-32,44H,18H2,1-6H3. The zero-order chi connectivity index (χ0) is 38.2. The topological polar surface area (TPSA) is 9.86 Å². The summed E-state index contributed by atoms with van der Waals surface area (Å²) in [5, 5.41) is 5.29. The van der Waals surface area contributed by atoms with E-state index < -0.39 is 0 Å². The van der Waals surface area contributed by atoms with Crippen molar-refractivity contribution in [1.82, 2.24) is 9.13 Å². The van der Waals surface area contributed by atoms with Gasteiger partial charge in [0.05, 0.1) is 22.1 Å². The number of fused-ring (bicyclic) bond motifs is 6. The molecule has 0 aliphatic heterocycles. The number of allylic oxidation sites excluding steroid dienone is 4. The fourth-order valence-corrected chi connectivity index (χ4v) is 9.67. The van der Waals surface area contributed by atoms with Gasteiger partial charge in [-0.05, 0) is 164 Å². The highest BCUT2D eigenvalue weighted by molar-refractivity contribution is 6.13. The fourth-order valence-electron chi connectivity index (χ4n) is 9.67. The van der Waals surface area contributed by atoms with Crippen LogP contribution in [0.2, 0.25) is 0 Å². The minimum atomic E-state index is 0.430. The van der Waals surface area contributed by atoms with Gasteiger partial charge in [0.15, 0.2) is 0 Å². The van der Waals surface area contributed by atoms with E-state index >= 15 is 0 Å². The average Bonchev–Trinajstić information content (AvgIpc) is 3.72. The van der Waals surface area contributed by atoms with E-state index in [0.29, 0.717) is 5.92 Å². The minimum Gasteiger partial charge on any atom is -0.309 e. The monoisotopic (exact) mass is 722 g/mol. The number of aromatic nitrogens is 2. The van der Waals surface area contributed by atoms with Gasteiger partial charge in [-0.2, -0.15) is 0 Å².